The van der Waals surface area contributed by atoms with Gasteiger partial charge in [0.15, 0.2) is 6.61 Å². The number of urea groups is 1. The van der Waals surface area contributed by atoms with Crippen LogP contribution in [-0.4, -0.2) is 54.5 Å². The van der Waals surface area contributed by atoms with Gasteiger partial charge in [0.1, 0.15) is 17.8 Å². The van der Waals surface area contributed by atoms with E-state index >= 15 is 0 Å². The highest BCUT2D eigenvalue weighted by molar-refractivity contribution is 6.09. The lowest BCUT2D eigenvalue weighted by Gasteiger charge is -2.36. The average Bonchev–Trinajstić information content (AvgIpc) is 2.94. The molecule has 1 aromatic carbocycles. The first-order valence-electron chi connectivity index (χ1n) is 10.0. The van der Waals surface area contributed by atoms with Crippen molar-refractivity contribution in [3.8, 4) is 5.75 Å². The lowest BCUT2D eigenvalue weighted by atomic mass is 9.73. The standard InChI is InChI=1S/C21H27N3O6/c1-13-7-8-16(29-3)15(10-13)22-17(25)12-30-18(26)11-24-19(27)21(23-20(24)28)9-5-4-6-14(21)2/h7-8,10,14H,4-6,9,11-12H2,1-3H3,(H,22,25)(H,23,28)/t14-,21-/m1/s1. The first-order valence-corrected chi connectivity index (χ1v) is 10.0. The van der Waals surface area contributed by atoms with Gasteiger partial charge in [-0.1, -0.05) is 25.8 Å². The fourth-order valence-electron chi connectivity index (χ4n) is 4.07. The molecule has 0 aromatic heterocycles. The molecule has 3 rings (SSSR count). The largest absolute Gasteiger partial charge is 0.495 e. The summed E-state index contributed by atoms with van der Waals surface area (Å²) in [6.07, 6.45) is 3.25. The van der Waals surface area contributed by atoms with Gasteiger partial charge in [-0.15, -0.1) is 0 Å². The monoisotopic (exact) mass is 417 g/mol. The Hall–Kier alpha value is -3.10. The predicted octanol–water partition coefficient (Wildman–Crippen LogP) is 1.99. The second kappa shape index (κ2) is 8.73. The van der Waals surface area contributed by atoms with E-state index in [9.17, 15) is 19.2 Å². The Labute approximate surface area is 175 Å². The molecule has 4 amide bonds. The number of methoxy groups -OCH3 is 1. The molecule has 9 heteroatoms. The molecule has 2 aliphatic rings. The highest BCUT2D eigenvalue weighted by atomic mass is 16.5. The van der Waals surface area contributed by atoms with Gasteiger partial charge in [0.25, 0.3) is 11.8 Å². The molecule has 1 aromatic rings. The number of anilines is 1. The molecule has 1 saturated heterocycles. The zero-order valence-corrected chi connectivity index (χ0v) is 17.4. The van der Waals surface area contributed by atoms with Crippen LogP contribution in [0.4, 0.5) is 10.5 Å². The minimum Gasteiger partial charge on any atom is -0.495 e. The lowest BCUT2D eigenvalue weighted by molar-refractivity contribution is -0.150. The van der Waals surface area contributed by atoms with Crippen LogP contribution in [-0.2, 0) is 19.1 Å². The first kappa shape index (κ1) is 21.6. The summed E-state index contributed by atoms with van der Waals surface area (Å²) < 4.78 is 10.2. The number of carbonyl (C=O) groups is 4. The summed E-state index contributed by atoms with van der Waals surface area (Å²) in [4.78, 5) is 50.4. The van der Waals surface area contributed by atoms with Gasteiger partial charge in [-0.3, -0.25) is 19.3 Å². The third-order valence-electron chi connectivity index (χ3n) is 5.78. The van der Waals surface area contributed by atoms with E-state index in [0.29, 0.717) is 17.9 Å². The maximum absolute atomic E-state index is 12.9. The number of hydrogen-bond donors (Lipinski definition) is 2. The molecule has 30 heavy (non-hydrogen) atoms. The van der Waals surface area contributed by atoms with Gasteiger partial charge in [-0.2, -0.15) is 0 Å². The summed E-state index contributed by atoms with van der Waals surface area (Å²) in [6.45, 7) is 2.73. The molecule has 2 atom stereocenters. The summed E-state index contributed by atoms with van der Waals surface area (Å²) in [5.41, 5.74) is 0.447. The van der Waals surface area contributed by atoms with Crippen LogP contribution >= 0.6 is 0 Å². The Morgan fingerprint density at radius 3 is 2.77 bits per heavy atom. The smallest absolute Gasteiger partial charge is 0.326 e. The molecule has 2 N–H and O–H groups in total. The minimum atomic E-state index is -0.936. The third kappa shape index (κ3) is 4.24. The molecule has 9 nitrogen and oxygen atoms in total. The normalized spacial score (nSPS) is 23.3. The number of aryl methyl sites for hydroxylation is 1. The molecule has 1 saturated carbocycles. The molecule has 0 bridgehead atoms. The summed E-state index contributed by atoms with van der Waals surface area (Å²) in [6, 6.07) is 4.69. The van der Waals surface area contributed by atoms with Crippen LogP contribution in [0.2, 0.25) is 0 Å². The van der Waals surface area contributed by atoms with Crippen molar-refractivity contribution in [1.82, 2.24) is 10.2 Å². The van der Waals surface area contributed by atoms with E-state index in [1.807, 2.05) is 19.9 Å². The van der Waals surface area contributed by atoms with Crippen LogP contribution in [0.15, 0.2) is 18.2 Å². The van der Waals surface area contributed by atoms with E-state index in [1.165, 1.54) is 7.11 Å². The molecule has 0 unspecified atom stereocenters. The van der Waals surface area contributed by atoms with Gasteiger partial charge in [0.2, 0.25) is 0 Å². The number of ether oxygens (including phenoxy) is 2. The number of hydrogen-bond acceptors (Lipinski definition) is 6. The minimum absolute atomic E-state index is 0.00110. The SMILES string of the molecule is COc1ccc(C)cc1NC(=O)COC(=O)CN1C(=O)N[C@@]2(CCCC[C@H]2C)C1=O. The zero-order chi connectivity index (χ0) is 21.9. The van der Waals surface area contributed by atoms with Crippen molar-refractivity contribution in [1.29, 1.82) is 0 Å². The van der Waals surface area contributed by atoms with Gasteiger partial charge in [0, 0.05) is 0 Å². The van der Waals surface area contributed by atoms with Crippen LogP contribution in [0.25, 0.3) is 0 Å². The van der Waals surface area contributed by atoms with Crippen molar-refractivity contribution in [2.75, 3.05) is 25.6 Å². The summed E-state index contributed by atoms with van der Waals surface area (Å²) >= 11 is 0. The van der Waals surface area contributed by atoms with Crippen LogP contribution in [0, 0.1) is 12.8 Å². The van der Waals surface area contributed by atoms with Gasteiger partial charge in [-0.25, -0.2) is 4.79 Å². The number of imide groups is 1. The quantitative estimate of drug-likeness (QED) is 0.540. The summed E-state index contributed by atoms with van der Waals surface area (Å²) in [7, 11) is 1.48. The molecule has 2 fully saturated rings. The molecular formula is C21H27N3O6. The molecule has 1 heterocycles. The molecular weight excluding hydrogens is 390 g/mol. The molecule has 1 spiro atoms. The highest BCUT2D eigenvalue weighted by Gasteiger charge is 2.55. The zero-order valence-electron chi connectivity index (χ0n) is 17.4. The number of amides is 4. The number of esters is 1. The average molecular weight is 417 g/mol. The van der Waals surface area contributed by atoms with Crippen molar-refractivity contribution in [2.45, 2.75) is 45.1 Å². The van der Waals surface area contributed by atoms with E-state index in [-0.39, 0.29) is 5.92 Å². The van der Waals surface area contributed by atoms with Crippen LogP contribution in [0.1, 0.15) is 38.2 Å². The molecule has 162 valence electrons. The van der Waals surface area contributed by atoms with Crippen molar-refractivity contribution in [2.24, 2.45) is 5.92 Å². The molecule has 1 aliphatic carbocycles. The molecule has 1 aliphatic heterocycles. The van der Waals surface area contributed by atoms with Crippen molar-refractivity contribution < 1.29 is 28.7 Å². The Kier molecular flexibility index (Phi) is 6.28. The number of carbonyl (C=O) groups excluding carboxylic acids is 4. The van der Waals surface area contributed by atoms with Crippen molar-refractivity contribution >= 4 is 29.5 Å². The third-order valence-corrected chi connectivity index (χ3v) is 5.78. The number of rotatable bonds is 6. The number of nitrogens with one attached hydrogen (secondary N) is 2. The van der Waals surface area contributed by atoms with Crippen LogP contribution in [0.5, 0.6) is 5.75 Å². The second-order valence-electron chi connectivity index (χ2n) is 7.85. The van der Waals surface area contributed by atoms with E-state index < -0.39 is 42.5 Å². The fraction of sp³-hybridized carbons (Fsp3) is 0.524. The summed E-state index contributed by atoms with van der Waals surface area (Å²) in [5.74, 6) is -1.30. The summed E-state index contributed by atoms with van der Waals surface area (Å²) in [5, 5.41) is 5.40. The Bertz CT molecular complexity index is 870. The van der Waals surface area contributed by atoms with Gasteiger partial charge < -0.3 is 20.1 Å². The van der Waals surface area contributed by atoms with E-state index in [1.54, 1.807) is 12.1 Å². The van der Waals surface area contributed by atoms with E-state index in [4.69, 9.17) is 9.47 Å². The van der Waals surface area contributed by atoms with Crippen molar-refractivity contribution in [3.63, 3.8) is 0 Å². The predicted molar refractivity (Wildman–Crippen MR) is 108 cm³/mol. The van der Waals surface area contributed by atoms with E-state index in [2.05, 4.69) is 10.6 Å². The Balaban J connectivity index is 1.55. The fourth-order valence-corrected chi connectivity index (χ4v) is 4.07. The molecule has 0 radical (unpaired) electrons. The first-order chi connectivity index (χ1) is 14.3. The number of benzene rings is 1. The van der Waals surface area contributed by atoms with Crippen LogP contribution in [0.3, 0.4) is 0 Å². The van der Waals surface area contributed by atoms with Crippen molar-refractivity contribution in [3.05, 3.63) is 23.8 Å². The topological polar surface area (TPSA) is 114 Å². The lowest BCUT2D eigenvalue weighted by Crippen LogP contribution is -2.54. The Morgan fingerprint density at radius 1 is 1.30 bits per heavy atom. The van der Waals surface area contributed by atoms with Gasteiger partial charge in [0.05, 0.1) is 12.8 Å². The highest BCUT2D eigenvalue weighted by Crippen LogP contribution is 2.38. The second-order valence-corrected chi connectivity index (χ2v) is 7.85. The maximum atomic E-state index is 12.9. The van der Waals surface area contributed by atoms with E-state index in [0.717, 1.165) is 29.7 Å². The van der Waals surface area contributed by atoms with Crippen LogP contribution < -0.4 is 15.4 Å². The maximum Gasteiger partial charge on any atom is 0.326 e. The Morgan fingerprint density at radius 2 is 2.07 bits per heavy atom. The number of nitrogens with zero attached hydrogens (tertiary/aromatic N) is 1. The van der Waals surface area contributed by atoms with Gasteiger partial charge >= 0.3 is 12.0 Å². The van der Waals surface area contributed by atoms with Gasteiger partial charge in [-0.05, 0) is 43.4 Å².